The summed E-state index contributed by atoms with van der Waals surface area (Å²) in [6, 6.07) is 0. The first kappa shape index (κ1) is 23.3. The third kappa shape index (κ3) is 17.6. The first-order chi connectivity index (χ1) is 11.7. The van der Waals surface area contributed by atoms with Crippen molar-refractivity contribution >= 4 is 5.91 Å². The second kappa shape index (κ2) is 18.6. The molecule has 0 aromatic carbocycles. The quantitative estimate of drug-likeness (QED) is 0.357. The van der Waals surface area contributed by atoms with Gasteiger partial charge in [0.25, 0.3) is 0 Å². The molecule has 0 rings (SSSR count). The first-order valence-corrected chi connectivity index (χ1v) is 8.97. The van der Waals surface area contributed by atoms with Gasteiger partial charge in [0, 0.05) is 19.0 Å². The van der Waals surface area contributed by atoms with E-state index in [1.807, 2.05) is 13.8 Å². The van der Waals surface area contributed by atoms with Crippen molar-refractivity contribution in [3.63, 3.8) is 0 Å². The Bertz CT molecular complexity index is 278. The van der Waals surface area contributed by atoms with Gasteiger partial charge in [0.1, 0.15) is 0 Å². The monoisotopic (exact) mass is 348 g/mol. The lowest BCUT2D eigenvalue weighted by atomic mass is 10.2. The van der Waals surface area contributed by atoms with Gasteiger partial charge in [-0.1, -0.05) is 20.8 Å². The molecule has 0 aliphatic heterocycles. The molecule has 144 valence electrons. The SMILES string of the molecule is CCCNCCOCCOCCOCCOCCNC(=O)C(C)C. The molecular formula is C17H36N2O5. The van der Waals surface area contributed by atoms with Gasteiger partial charge in [0.2, 0.25) is 5.91 Å². The molecule has 0 saturated heterocycles. The normalized spacial score (nSPS) is 11.2. The van der Waals surface area contributed by atoms with E-state index in [0.717, 1.165) is 26.1 Å². The molecule has 0 atom stereocenters. The topological polar surface area (TPSA) is 78.1 Å². The summed E-state index contributed by atoms with van der Waals surface area (Å²) >= 11 is 0. The van der Waals surface area contributed by atoms with E-state index < -0.39 is 0 Å². The van der Waals surface area contributed by atoms with Crippen LogP contribution in [-0.2, 0) is 23.7 Å². The van der Waals surface area contributed by atoms with Gasteiger partial charge in [-0.3, -0.25) is 4.79 Å². The summed E-state index contributed by atoms with van der Waals surface area (Å²) in [5.41, 5.74) is 0. The molecule has 0 aromatic heterocycles. The van der Waals surface area contributed by atoms with Gasteiger partial charge in [-0.05, 0) is 13.0 Å². The molecule has 0 radical (unpaired) electrons. The minimum Gasteiger partial charge on any atom is -0.378 e. The lowest BCUT2D eigenvalue weighted by Gasteiger charge is -2.09. The Kier molecular flexibility index (Phi) is 18.0. The maximum Gasteiger partial charge on any atom is 0.222 e. The zero-order valence-electron chi connectivity index (χ0n) is 15.6. The zero-order valence-corrected chi connectivity index (χ0v) is 15.6. The van der Waals surface area contributed by atoms with Gasteiger partial charge < -0.3 is 29.6 Å². The number of nitrogens with one attached hydrogen (secondary N) is 2. The fourth-order valence-electron chi connectivity index (χ4n) is 1.66. The Hall–Kier alpha value is -0.730. The molecule has 7 nitrogen and oxygen atoms in total. The summed E-state index contributed by atoms with van der Waals surface area (Å²) in [4.78, 5) is 11.3. The van der Waals surface area contributed by atoms with Gasteiger partial charge in [-0.2, -0.15) is 0 Å². The number of ether oxygens (including phenoxy) is 4. The van der Waals surface area contributed by atoms with Crippen molar-refractivity contribution in [1.82, 2.24) is 10.6 Å². The smallest absolute Gasteiger partial charge is 0.222 e. The average Bonchev–Trinajstić information content (AvgIpc) is 2.57. The minimum absolute atomic E-state index is 0.0106. The molecule has 7 heteroatoms. The van der Waals surface area contributed by atoms with Crippen LogP contribution in [0.4, 0.5) is 0 Å². The highest BCUT2D eigenvalue weighted by Crippen LogP contribution is 1.89. The van der Waals surface area contributed by atoms with Crippen molar-refractivity contribution in [3.8, 4) is 0 Å². The van der Waals surface area contributed by atoms with E-state index in [4.69, 9.17) is 18.9 Å². The number of amides is 1. The lowest BCUT2D eigenvalue weighted by molar-refractivity contribution is -0.124. The summed E-state index contributed by atoms with van der Waals surface area (Å²) in [6.07, 6.45) is 1.14. The highest BCUT2D eigenvalue weighted by Gasteiger charge is 2.04. The maximum atomic E-state index is 11.3. The third-order valence-corrected chi connectivity index (χ3v) is 3.04. The van der Waals surface area contributed by atoms with Crippen LogP contribution in [0.25, 0.3) is 0 Å². The van der Waals surface area contributed by atoms with Crippen molar-refractivity contribution < 1.29 is 23.7 Å². The second-order valence-corrected chi connectivity index (χ2v) is 5.65. The van der Waals surface area contributed by atoms with Crippen LogP contribution in [0.2, 0.25) is 0 Å². The highest BCUT2D eigenvalue weighted by atomic mass is 16.6. The van der Waals surface area contributed by atoms with E-state index in [2.05, 4.69) is 17.6 Å². The summed E-state index contributed by atoms with van der Waals surface area (Å²) in [6.45, 7) is 12.9. The molecule has 0 fully saturated rings. The Labute approximate surface area is 146 Å². The van der Waals surface area contributed by atoms with E-state index in [0.29, 0.717) is 52.8 Å². The van der Waals surface area contributed by atoms with Crippen molar-refractivity contribution in [2.24, 2.45) is 5.92 Å². The van der Waals surface area contributed by atoms with Gasteiger partial charge in [-0.25, -0.2) is 0 Å². The van der Waals surface area contributed by atoms with E-state index in [9.17, 15) is 4.79 Å². The zero-order chi connectivity index (χ0) is 17.9. The van der Waals surface area contributed by atoms with Crippen LogP contribution >= 0.6 is 0 Å². The van der Waals surface area contributed by atoms with E-state index in [1.165, 1.54) is 0 Å². The number of rotatable bonds is 18. The molecule has 0 unspecified atom stereocenters. The molecule has 0 saturated carbocycles. The molecule has 0 heterocycles. The lowest BCUT2D eigenvalue weighted by Crippen LogP contribution is -2.31. The van der Waals surface area contributed by atoms with Crippen LogP contribution in [0, 0.1) is 5.92 Å². The van der Waals surface area contributed by atoms with Crippen molar-refractivity contribution in [2.45, 2.75) is 27.2 Å². The molecule has 0 spiro atoms. The first-order valence-electron chi connectivity index (χ1n) is 8.97. The average molecular weight is 348 g/mol. The number of carbonyl (C=O) groups excluding carboxylic acids is 1. The molecule has 0 aromatic rings. The number of carbonyl (C=O) groups is 1. The summed E-state index contributed by atoms with van der Waals surface area (Å²) in [7, 11) is 0. The second-order valence-electron chi connectivity index (χ2n) is 5.65. The predicted molar refractivity (Wildman–Crippen MR) is 94.3 cm³/mol. The highest BCUT2D eigenvalue weighted by molar-refractivity contribution is 5.77. The largest absolute Gasteiger partial charge is 0.378 e. The van der Waals surface area contributed by atoms with Crippen molar-refractivity contribution in [3.05, 3.63) is 0 Å². The van der Waals surface area contributed by atoms with E-state index >= 15 is 0 Å². The van der Waals surface area contributed by atoms with Crippen LogP contribution in [0.15, 0.2) is 0 Å². The van der Waals surface area contributed by atoms with Crippen LogP contribution in [0.3, 0.4) is 0 Å². The standard InChI is InChI=1S/C17H36N2O5/c1-4-5-18-6-8-21-10-12-23-14-15-24-13-11-22-9-7-19-17(20)16(2)3/h16,18H,4-15H2,1-3H3,(H,19,20). The molecular weight excluding hydrogens is 312 g/mol. The number of hydrogen-bond donors (Lipinski definition) is 2. The van der Waals surface area contributed by atoms with Crippen LogP contribution in [0.1, 0.15) is 27.2 Å². The fourth-order valence-corrected chi connectivity index (χ4v) is 1.66. The van der Waals surface area contributed by atoms with Gasteiger partial charge in [-0.15, -0.1) is 0 Å². The van der Waals surface area contributed by atoms with Crippen LogP contribution in [0.5, 0.6) is 0 Å². The Balaban J connectivity index is 3.04. The Morgan fingerprint density at radius 3 is 1.67 bits per heavy atom. The van der Waals surface area contributed by atoms with E-state index in [-0.39, 0.29) is 11.8 Å². The fraction of sp³-hybridized carbons (Fsp3) is 0.941. The molecule has 2 N–H and O–H groups in total. The maximum absolute atomic E-state index is 11.3. The number of hydrogen-bond acceptors (Lipinski definition) is 6. The van der Waals surface area contributed by atoms with Gasteiger partial charge in [0.05, 0.1) is 52.9 Å². The Morgan fingerprint density at radius 2 is 1.21 bits per heavy atom. The molecule has 0 aliphatic carbocycles. The third-order valence-electron chi connectivity index (χ3n) is 3.04. The van der Waals surface area contributed by atoms with Crippen molar-refractivity contribution in [1.29, 1.82) is 0 Å². The summed E-state index contributed by atoms with van der Waals surface area (Å²) < 4.78 is 21.6. The van der Waals surface area contributed by atoms with E-state index in [1.54, 1.807) is 0 Å². The van der Waals surface area contributed by atoms with Crippen molar-refractivity contribution in [2.75, 3.05) is 72.5 Å². The Morgan fingerprint density at radius 1 is 0.750 bits per heavy atom. The molecule has 0 bridgehead atoms. The molecule has 24 heavy (non-hydrogen) atoms. The molecule has 1 amide bonds. The van der Waals surface area contributed by atoms with Crippen LogP contribution < -0.4 is 10.6 Å². The summed E-state index contributed by atoms with van der Waals surface area (Å²) in [5, 5.41) is 6.06. The van der Waals surface area contributed by atoms with Crippen LogP contribution in [-0.4, -0.2) is 78.4 Å². The molecule has 0 aliphatic rings. The minimum atomic E-state index is 0.0106. The van der Waals surface area contributed by atoms with Gasteiger partial charge >= 0.3 is 0 Å². The summed E-state index contributed by atoms with van der Waals surface area (Å²) in [5.74, 6) is 0.0599. The van der Waals surface area contributed by atoms with Gasteiger partial charge in [0.15, 0.2) is 0 Å². The predicted octanol–water partition coefficient (Wildman–Crippen LogP) is 0.825.